The number of aryl methyl sites for hydroxylation is 1. The summed E-state index contributed by atoms with van der Waals surface area (Å²) in [5.74, 6) is 1.02. The highest BCUT2D eigenvalue weighted by molar-refractivity contribution is 4.84. The first kappa shape index (κ1) is 13.1. The van der Waals surface area contributed by atoms with Gasteiger partial charge in [0.15, 0.2) is 0 Å². The Bertz CT molecular complexity index is 230. The van der Waals surface area contributed by atoms with E-state index in [1.54, 1.807) is 0 Å². The molecule has 0 radical (unpaired) electrons. The lowest BCUT2D eigenvalue weighted by atomic mass is 10.1. The minimum Gasteiger partial charge on any atom is -0.315 e. The Morgan fingerprint density at radius 1 is 1.36 bits per heavy atom. The van der Waals surface area contributed by atoms with E-state index in [1.807, 2.05) is 27.1 Å². The van der Waals surface area contributed by atoms with E-state index >= 15 is 0 Å². The lowest BCUT2D eigenvalue weighted by Crippen LogP contribution is -2.08. The van der Waals surface area contributed by atoms with Gasteiger partial charge in [-0.2, -0.15) is 0 Å². The van der Waals surface area contributed by atoms with Crippen molar-refractivity contribution in [3.8, 4) is 0 Å². The van der Waals surface area contributed by atoms with Gasteiger partial charge in [0.1, 0.15) is 12.2 Å². The number of hydrogen-bond acceptors (Lipinski definition) is 2. The van der Waals surface area contributed by atoms with Crippen LogP contribution >= 0.6 is 0 Å². The smallest absolute Gasteiger partial charge is 0.129 e. The first-order chi connectivity index (χ1) is 6.79. The van der Waals surface area contributed by atoms with Crippen LogP contribution in [0.2, 0.25) is 0 Å². The van der Waals surface area contributed by atoms with Crippen molar-refractivity contribution in [2.24, 2.45) is 0 Å². The topological polar surface area (TPSA) is 30.7 Å². The van der Waals surface area contributed by atoms with Gasteiger partial charge in [-0.05, 0) is 19.8 Å². The van der Waals surface area contributed by atoms with Crippen molar-refractivity contribution in [1.29, 1.82) is 0 Å². The van der Waals surface area contributed by atoms with Gasteiger partial charge in [0.2, 0.25) is 0 Å². The quantitative estimate of drug-likeness (QED) is 0.741. The maximum atomic E-state index is 3.98. The molecule has 1 aromatic heterocycles. The maximum Gasteiger partial charge on any atom is 0.129 e. The fourth-order valence-electron chi connectivity index (χ4n) is 1.53. The van der Waals surface area contributed by atoms with Crippen molar-refractivity contribution < 1.29 is 0 Å². The van der Waals surface area contributed by atoms with Gasteiger partial charge in [-0.25, -0.2) is 0 Å². The van der Waals surface area contributed by atoms with Crippen molar-refractivity contribution in [2.75, 3.05) is 0 Å². The molecule has 0 saturated carbocycles. The first-order valence-electron chi connectivity index (χ1n) is 5.65. The number of aromatic nitrogens is 3. The van der Waals surface area contributed by atoms with Crippen LogP contribution in [0, 0.1) is 6.92 Å². The third kappa shape index (κ3) is 3.48. The van der Waals surface area contributed by atoms with Crippen LogP contribution in [0.15, 0.2) is 6.33 Å². The van der Waals surface area contributed by atoms with Crippen molar-refractivity contribution in [1.82, 2.24) is 14.8 Å². The van der Waals surface area contributed by atoms with Crippen LogP contribution < -0.4 is 0 Å². The van der Waals surface area contributed by atoms with E-state index in [4.69, 9.17) is 0 Å². The van der Waals surface area contributed by atoms with Gasteiger partial charge in [-0.3, -0.25) is 0 Å². The first-order valence-corrected chi connectivity index (χ1v) is 5.65. The number of nitrogens with zero attached hydrogens (tertiary/aromatic N) is 3. The van der Waals surface area contributed by atoms with Gasteiger partial charge in [-0.1, -0.05) is 34.1 Å². The zero-order chi connectivity index (χ0) is 11.0. The van der Waals surface area contributed by atoms with Crippen LogP contribution in [-0.2, 0) is 0 Å². The third-order valence-corrected chi connectivity index (χ3v) is 2.24. The molecule has 3 heteroatoms. The summed E-state index contributed by atoms with van der Waals surface area (Å²) >= 11 is 0. The van der Waals surface area contributed by atoms with Crippen LogP contribution in [-0.4, -0.2) is 14.8 Å². The Morgan fingerprint density at radius 2 is 2.00 bits per heavy atom. The molecule has 3 nitrogen and oxygen atoms in total. The molecule has 0 N–H and O–H groups in total. The van der Waals surface area contributed by atoms with E-state index in [9.17, 15) is 0 Å². The molecule has 0 bridgehead atoms. The summed E-state index contributed by atoms with van der Waals surface area (Å²) in [6, 6.07) is 0.588. The molecule has 14 heavy (non-hydrogen) atoms. The molecule has 0 fully saturated rings. The van der Waals surface area contributed by atoms with E-state index in [0.717, 1.165) is 12.2 Å². The van der Waals surface area contributed by atoms with E-state index < -0.39 is 0 Å². The molecule has 1 unspecified atom stereocenters. The highest BCUT2D eigenvalue weighted by Crippen LogP contribution is 2.17. The average molecular weight is 197 g/mol. The molecule has 1 aromatic rings. The second kappa shape index (κ2) is 7.54. The molecule has 1 atom stereocenters. The van der Waals surface area contributed by atoms with Crippen molar-refractivity contribution in [3.63, 3.8) is 0 Å². The molecule has 1 rings (SSSR count). The predicted molar refractivity (Wildman–Crippen MR) is 60.3 cm³/mol. The van der Waals surface area contributed by atoms with Gasteiger partial charge >= 0.3 is 0 Å². The number of rotatable bonds is 4. The molecule has 0 aliphatic rings. The normalized spacial score (nSPS) is 11.8. The van der Waals surface area contributed by atoms with Gasteiger partial charge in [0, 0.05) is 6.04 Å². The summed E-state index contributed by atoms with van der Waals surface area (Å²) in [6.45, 7) is 10.4. The standard InChI is InChI=1S/C9H17N3.C2H6/c1-4-6-9(5-2)12-7-10-11-8(12)3;1-2/h7,9H,4-6H2,1-3H3;1-2H3. The van der Waals surface area contributed by atoms with Gasteiger partial charge in [0.05, 0.1) is 0 Å². The minimum absolute atomic E-state index is 0.588. The van der Waals surface area contributed by atoms with Crippen LogP contribution in [0.25, 0.3) is 0 Å². The second-order valence-electron chi connectivity index (χ2n) is 3.14. The molecular weight excluding hydrogens is 174 g/mol. The fraction of sp³-hybridized carbons (Fsp3) is 0.818. The Kier molecular flexibility index (Phi) is 7.07. The maximum absolute atomic E-state index is 3.98. The predicted octanol–water partition coefficient (Wildman–Crippen LogP) is 3.36. The molecule has 0 aliphatic heterocycles. The van der Waals surface area contributed by atoms with Crippen LogP contribution in [0.3, 0.4) is 0 Å². The summed E-state index contributed by atoms with van der Waals surface area (Å²) in [5, 5.41) is 7.87. The zero-order valence-corrected chi connectivity index (χ0v) is 10.1. The lowest BCUT2D eigenvalue weighted by molar-refractivity contribution is 0.438. The summed E-state index contributed by atoms with van der Waals surface area (Å²) in [7, 11) is 0. The molecule has 0 aliphatic carbocycles. The largest absolute Gasteiger partial charge is 0.315 e. The summed E-state index contributed by atoms with van der Waals surface area (Å²) in [6.07, 6.45) is 5.43. The zero-order valence-electron chi connectivity index (χ0n) is 10.1. The number of hydrogen-bond donors (Lipinski definition) is 0. The Hall–Kier alpha value is -0.860. The average Bonchev–Trinajstić information content (AvgIpc) is 2.64. The Morgan fingerprint density at radius 3 is 2.36 bits per heavy atom. The van der Waals surface area contributed by atoms with Crippen molar-refractivity contribution >= 4 is 0 Å². The molecule has 0 saturated heterocycles. The summed E-state index contributed by atoms with van der Waals surface area (Å²) < 4.78 is 2.17. The summed E-state index contributed by atoms with van der Waals surface area (Å²) in [5.41, 5.74) is 0. The molecule has 0 spiro atoms. The monoisotopic (exact) mass is 197 g/mol. The SMILES string of the molecule is CC.CCCC(CC)n1cnnc1C. The van der Waals surface area contributed by atoms with E-state index in [1.165, 1.54) is 12.8 Å². The molecule has 1 heterocycles. The van der Waals surface area contributed by atoms with Crippen LogP contribution in [0.5, 0.6) is 0 Å². The molecule has 82 valence electrons. The second-order valence-corrected chi connectivity index (χ2v) is 3.14. The minimum atomic E-state index is 0.588. The highest BCUT2D eigenvalue weighted by Gasteiger charge is 2.09. The molecule has 0 aromatic carbocycles. The molecular formula is C11H23N3. The van der Waals surface area contributed by atoms with Crippen molar-refractivity contribution in [3.05, 3.63) is 12.2 Å². The molecule has 0 amide bonds. The Labute approximate surface area is 87.5 Å². The third-order valence-electron chi connectivity index (χ3n) is 2.24. The van der Waals surface area contributed by atoms with Crippen LogP contribution in [0.4, 0.5) is 0 Å². The Balaban J connectivity index is 0.000000791. The lowest BCUT2D eigenvalue weighted by Gasteiger charge is -2.15. The van der Waals surface area contributed by atoms with Gasteiger partial charge < -0.3 is 4.57 Å². The van der Waals surface area contributed by atoms with E-state index in [0.29, 0.717) is 6.04 Å². The van der Waals surface area contributed by atoms with E-state index in [-0.39, 0.29) is 0 Å². The van der Waals surface area contributed by atoms with Gasteiger partial charge in [-0.15, -0.1) is 10.2 Å². The summed E-state index contributed by atoms with van der Waals surface area (Å²) in [4.78, 5) is 0. The fourth-order valence-corrected chi connectivity index (χ4v) is 1.53. The highest BCUT2D eigenvalue weighted by atomic mass is 15.3. The van der Waals surface area contributed by atoms with Crippen molar-refractivity contribution in [2.45, 2.75) is 59.9 Å². The van der Waals surface area contributed by atoms with E-state index in [2.05, 4.69) is 28.6 Å². The van der Waals surface area contributed by atoms with Gasteiger partial charge in [0.25, 0.3) is 0 Å². The van der Waals surface area contributed by atoms with Crippen LogP contribution in [0.1, 0.15) is 58.8 Å².